The van der Waals surface area contributed by atoms with Crippen molar-refractivity contribution < 1.29 is 4.39 Å². The lowest BCUT2D eigenvalue weighted by atomic mass is 10.1. The molecule has 1 fully saturated rings. The Hall–Kier alpha value is -1.39. The van der Waals surface area contributed by atoms with E-state index in [1.807, 2.05) is 24.8 Å². The maximum atomic E-state index is 13.6. The molecule has 1 aliphatic carbocycles. The second kappa shape index (κ2) is 6.16. The number of nitrogens with zero attached hydrogens (tertiary/aromatic N) is 2. The van der Waals surface area contributed by atoms with Gasteiger partial charge in [-0.25, -0.2) is 9.37 Å². The number of benzene rings is 1. The van der Waals surface area contributed by atoms with E-state index in [0.29, 0.717) is 12.1 Å². The van der Waals surface area contributed by atoms with Crippen molar-refractivity contribution in [2.24, 2.45) is 0 Å². The molecule has 0 saturated heterocycles. The Morgan fingerprint density at radius 1 is 1.43 bits per heavy atom. The summed E-state index contributed by atoms with van der Waals surface area (Å²) in [7, 11) is 0. The van der Waals surface area contributed by atoms with Gasteiger partial charge in [-0.3, -0.25) is 0 Å². The molecule has 3 rings (SSSR count). The summed E-state index contributed by atoms with van der Waals surface area (Å²) >= 11 is 5.74. The van der Waals surface area contributed by atoms with Crippen LogP contribution in [0.1, 0.15) is 43.8 Å². The lowest BCUT2D eigenvalue weighted by Gasteiger charge is -2.26. The van der Waals surface area contributed by atoms with Crippen LogP contribution in [-0.4, -0.2) is 15.6 Å². The predicted octanol–water partition coefficient (Wildman–Crippen LogP) is 4.12. The molecular formula is C16H19ClFN3. The van der Waals surface area contributed by atoms with Crippen LogP contribution in [0.3, 0.4) is 0 Å². The molecule has 1 N–H and O–H groups in total. The summed E-state index contributed by atoms with van der Waals surface area (Å²) in [6.07, 6.45) is 9.17. The fourth-order valence-electron chi connectivity index (χ4n) is 3.16. The van der Waals surface area contributed by atoms with Crippen molar-refractivity contribution in [2.75, 3.05) is 0 Å². The third kappa shape index (κ3) is 3.11. The van der Waals surface area contributed by atoms with Gasteiger partial charge in [-0.15, -0.1) is 0 Å². The summed E-state index contributed by atoms with van der Waals surface area (Å²) in [5.74, 6) is -0.361. The molecule has 2 aromatic rings. The maximum absolute atomic E-state index is 13.6. The Kier molecular flexibility index (Phi) is 4.27. The van der Waals surface area contributed by atoms with Crippen molar-refractivity contribution in [3.05, 3.63) is 53.3 Å². The smallest absolute Gasteiger partial charge is 0.142 e. The van der Waals surface area contributed by atoms with Crippen LogP contribution >= 0.6 is 11.6 Å². The first-order valence-corrected chi connectivity index (χ1v) is 7.71. The molecule has 0 aliphatic heterocycles. The highest BCUT2D eigenvalue weighted by molar-refractivity contribution is 6.30. The predicted molar refractivity (Wildman–Crippen MR) is 81.9 cm³/mol. The lowest BCUT2D eigenvalue weighted by Crippen LogP contribution is -2.35. The molecule has 1 heterocycles. The van der Waals surface area contributed by atoms with Crippen molar-refractivity contribution in [1.29, 1.82) is 0 Å². The largest absolute Gasteiger partial charge is 0.333 e. The van der Waals surface area contributed by atoms with Gasteiger partial charge in [0, 0.05) is 30.5 Å². The molecule has 1 aromatic heterocycles. The zero-order valence-electron chi connectivity index (χ0n) is 12.0. The van der Waals surface area contributed by atoms with Gasteiger partial charge in [0.05, 0.1) is 11.3 Å². The molecule has 5 heteroatoms. The van der Waals surface area contributed by atoms with E-state index in [1.54, 1.807) is 6.07 Å². The third-order valence-corrected chi connectivity index (χ3v) is 4.60. The van der Waals surface area contributed by atoms with Crippen LogP contribution < -0.4 is 5.32 Å². The van der Waals surface area contributed by atoms with E-state index in [1.165, 1.54) is 12.5 Å². The summed E-state index contributed by atoms with van der Waals surface area (Å²) in [6, 6.07) is 5.91. The van der Waals surface area contributed by atoms with Gasteiger partial charge in [-0.05, 0) is 43.9 Å². The first-order valence-electron chi connectivity index (χ1n) is 7.33. The topological polar surface area (TPSA) is 29.9 Å². The van der Waals surface area contributed by atoms with Gasteiger partial charge in [0.1, 0.15) is 5.82 Å². The summed E-state index contributed by atoms with van der Waals surface area (Å²) in [5, 5.41) is 3.79. The third-order valence-electron chi connectivity index (χ3n) is 4.30. The van der Waals surface area contributed by atoms with E-state index in [-0.39, 0.29) is 16.9 Å². The van der Waals surface area contributed by atoms with Gasteiger partial charge >= 0.3 is 0 Å². The van der Waals surface area contributed by atoms with Gasteiger partial charge < -0.3 is 9.88 Å². The number of halogens is 2. The quantitative estimate of drug-likeness (QED) is 0.921. The maximum Gasteiger partial charge on any atom is 0.142 e. The Morgan fingerprint density at radius 2 is 2.29 bits per heavy atom. The van der Waals surface area contributed by atoms with Crippen LogP contribution in [0.4, 0.5) is 4.39 Å². The van der Waals surface area contributed by atoms with Crippen molar-refractivity contribution in [3.8, 4) is 0 Å². The number of rotatable bonds is 4. The zero-order valence-corrected chi connectivity index (χ0v) is 12.7. The van der Waals surface area contributed by atoms with Crippen molar-refractivity contribution in [2.45, 2.75) is 44.3 Å². The van der Waals surface area contributed by atoms with Crippen molar-refractivity contribution >= 4 is 11.6 Å². The molecule has 1 aromatic carbocycles. The Balaban J connectivity index is 1.71. The van der Waals surface area contributed by atoms with E-state index in [9.17, 15) is 4.39 Å². The van der Waals surface area contributed by atoms with E-state index in [0.717, 1.165) is 18.4 Å². The lowest BCUT2D eigenvalue weighted by molar-refractivity contribution is 0.362. The molecule has 0 radical (unpaired) electrons. The monoisotopic (exact) mass is 307 g/mol. The minimum atomic E-state index is -0.361. The number of imidazole rings is 1. The highest BCUT2D eigenvalue weighted by Gasteiger charge is 2.29. The molecule has 112 valence electrons. The normalized spacial score (nSPS) is 23.4. The SMILES string of the molecule is CC(NC1CCCC1n1ccnc1)c1ccc(Cl)c(F)c1. The average Bonchev–Trinajstić information content (AvgIpc) is 3.12. The number of hydrogen-bond donors (Lipinski definition) is 1. The van der Waals surface area contributed by atoms with Crippen molar-refractivity contribution in [1.82, 2.24) is 14.9 Å². The number of hydrogen-bond acceptors (Lipinski definition) is 2. The Morgan fingerprint density at radius 3 is 3.00 bits per heavy atom. The summed E-state index contributed by atoms with van der Waals surface area (Å²) in [6.45, 7) is 2.06. The van der Waals surface area contributed by atoms with E-state index in [2.05, 4.69) is 21.8 Å². The fraction of sp³-hybridized carbons (Fsp3) is 0.438. The van der Waals surface area contributed by atoms with Crippen LogP contribution in [0.2, 0.25) is 5.02 Å². The zero-order chi connectivity index (χ0) is 14.8. The van der Waals surface area contributed by atoms with Gasteiger partial charge in [-0.1, -0.05) is 17.7 Å². The molecule has 3 atom stereocenters. The van der Waals surface area contributed by atoms with Gasteiger partial charge in [0.15, 0.2) is 0 Å². The average molecular weight is 308 g/mol. The van der Waals surface area contributed by atoms with Crippen molar-refractivity contribution in [3.63, 3.8) is 0 Å². The van der Waals surface area contributed by atoms with Crippen LogP contribution in [0, 0.1) is 5.82 Å². The molecule has 1 aliphatic rings. The molecule has 0 bridgehead atoms. The summed E-state index contributed by atoms with van der Waals surface area (Å²) < 4.78 is 15.7. The van der Waals surface area contributed by atoms with Crippen LogP contribution in [0.5, 0.6) is 0 Å². The van der Waals surface area contributed by atoms with Crippen LogP contribution in [-0.2, 0) is 0 Å². The molecule has 3 unspecified atom stereocenters. The molecule has 0 spiro atoms. The molecule has 3 nitrogen and oxygen atoms in total. The van der Waals surface area contributed by atoms with Crippen LogP contribution in [0.15, 0.2) is 36.9 Å². The molecule has 1 saturated carbocycles. The second-order valence-corrected chi connectivity index (χ2v) is 6.08. The highest BCUT2D eigenvalue weighted by atomic mass is 35.5. The van der Waals surface area contributed by atoms with Crippen LogP contribution in [0.25, 0.3) is 0 Å². The fourth-order valence-corrected chi connectivity index (χ4v) is 3.27. The minimum Gasteiger partial charge on any atom is -0.333 e. The molecule has 0 amide bonds. The molecular weight excluding hydrogens is 289 g/mol. The highest BCUT2D eigenvalue weighted by Crippen LogP contribution is 2.32. The second-order valence-electron chi connectivity index (χ2n) is 5.68. The Labute approximate surface area is 129 Å². The minimum absolute atomic E-state index is 0.0888. The standard InChI is InChI=1S/C16H19ClFN3/c1-11(12-5-6-13(17)14(18)9-12)20-15-3-2-4-16(15)21-8-7-19-10-21/h5-11,15-16,20H,2-4H2,1H3. The van der Waals surface area contributed by atoms with Gasteiger partial charge in [0.2, 0.25) is 0 Å². The summed E-state index contributed by atoms with van der Waals surface area (Å²) in [4.78, 5) is 4.13. The molecule has 21 heavy (non-hydrogen) atoms. The Bertz CT molecular complexity index is 600. The van der Waals surface area contributed by atoms with E-state index >= 15 is 0 Å². The van der Waals surface area contributed by atoms with Gasteiger partial charge in [-0.2, -0.15) is 0 Å². The number of aromatic nitrogens is 2. The first-order chi connectivity index (χ1) is 10.1. The number of nitrogens with one attached hydrogen (secondary N) is 1. The van der Waals surface area contributed by atoms with Gasteiger partial charge in [0.25, 0.3) is 0 Å². The van der Waals surface area contributed by atoms with E-state index in [4.69, 9.17) is 11.6 Å². The summed E-state index contributed by atoms with van der Waals surface area (Å²) in [5.41, 5.74) is 0.924. The first kappa shape index (κ1) is 14.5. The van der Waals surface area contributed by atoms with E-state index < -0.39 is 0 Å².